The van der Waals surface area contributed by atoms with Crippen molar-refractivity contribution in [1.82, 2.24) is 14.9 Å². The molecule has 122 valence electrons. The molecule has 1 heterocycles. The van der Waals surface area contributed by atoms with Crippen LogP contribution in [0.15, 0.2) is 43.0 Å². The molecule has 2 aromatic rings. The van der Waals surface area contributed by atoms with E-state index in [0.29, 0.717) is 5.56 Å². The molecule has 1 unspecified atom stereocenters. The first kappa shape index (κ1) is 16.7. The number of aromatic nitrogens is 2. The van der Waals surface area contributed by atoms with E-state index in [1.807, 2.05) is 36.7 Å². The number of carboxylic acids is 1. The minimum atomic E-state index is -0.933. The van der Waals surface area contributed by atoms with Gasteiger partial charge in [-0.25, -0.2) is 4.98 Å². The van der Waals surface area contributed by atoms with Gasteiger partial charge >= 0.3 is 5.97 Å². The molecule has 23 heavy (non-hydrogen) atoms. The minimum absolute atomic E-state index is 0.00669. The Kier molecular flexibility index (Phi) is 4.83. The Morgan fingerprint density at radius 2 is 1.96 bits per heavy atom. The van der Waals surface area contributed by atoms with Crippen LogP contribution in [0, 0.1) is 5.92 Å². The third-order valence-electron chi connectivity index (χ3n) is 4.12. The molecule has 0 bridgehead atoms. The molecule has 0 aliphatic rings. The van der Waals surface area contributed by atoms with Crippen LogP contribution in [0.4, 0.5) is 0 Å². The molecule has 6 heteroatoms. The first-order chi connectivity index (χ1) is 10.8. The number of imidazole rings is 1. The lowest BCUT2D eigenvalue weighted by atomic mass is 9.85. The fourth-order valence-electron chi connectivity index (χ4n) is 2.24. The molecule has 1 amide bonds. The largest absolute Gasteiger partial charge is 0.481 e. The number of amides is 1. The van der Waals surface area contributed by atoms with Gasteiger partial charge in [-0.2, -0.15) is 0 Å². The fraction of sp³-hybridized carbons (Fsp3) is 0.353. The normalized spacial score (nSPS) is 13.6. The summed E-state index contributed by atoms with van der Waals surface area (Å²) in [6, 6.07) is 7.07. The number of nitrogens with zero attached hydrogens (tertiary/aromatic N) is 2. The summed E-state index contributed by atoms with van der Waals surface area (Å²) < 4.78 is 1.84. The highest BCUT2D eigenvalue weighted by Crippen LogP contribution is 2.22. The number of carboxylic acid groups (broad SMARTS) is 1. The highest BCUT2D eigenvalue weighted by atomic mass is 16.4. The van der Waals surface area contributed by atoms with E-state index < -0.39 is 11.5 Å². The highest BCUT2D eigenvalue weighted by molar-refractivity contribution is 5.95. The van der Waals surface area contributed by atoms with Crippen LogP contribution < -0.4 is 5.32 Å². The van der Waals surface area contributed by atoms with Crippen molar-refractivity contribution in [2.75, 3.05) is 0 Å². The molecule has 1 aromatic heterocycles. The van der Waals surface area contributed by atoms with E-state index in [1.165, 1.54) is 0 Å². The van der Waals surface area contributed by atoms with Gasteiger partial charge in [-0.3, -0.25) is 9.59 Å². The summed E-state index contributed by atoms with van der Waals surface area (Å²) in [5.41, 5.74) is 0.591. The molecule has 2 N–H and O–H groups in total. The number of nitrogens with one attached hydrogen (secondary N) is 1. The van der Waals surface area contributed by atoms with Gasteiger partial charge in [0.05, 0.1) is 18.3 Å². The van der Waals surface area contributed by atoms with Crippen molar-refractivity contribution in [2.45, 2.75) is 32.7 Å². The van der Waals surface area contributed by atoms with E-state index in [0.717, 1.165) is 5.69 Å². The average molecular weight is 315 g/mol. The zero-order chi connectivity index (χ0) is 17.0. The van der Waals surface area contributed by atoms with Gasteiger partial charge in [0.1, 0.15) is 0 Å². The number of rotatable bonds is 6. The third-order valence-corrected chi connectivity index (χ3v) is 4.12. The van der Waals surface area contributed by atoms with Crippen molar-refractivity contribution in [3.8, 4) is 5.69 Å². The van der Waals surface area contributed by atoms with Gasteiger partial charge in [0.25, 0.3) is 5.91 Å². The lowest BCUT2D eigenvalue weighted by Crippen LogP contribution is -2.51. The number of benzene rings is 1. The Morgan fingerprint density at radius 3 is 2.43 bits per heavy atom. The number of carbonyl (C=O) groups excluding carboxylic acids is 1. The SMILES string of the molecule is CC(C)C(C)(CC(=O)O)NC(=O)c1ccc(-n2ccnc2)cc1. The second-order valence-corrected chi connectivity index (χ2v) is 6.11. The molecule has 0 saturated heterocycles. The quantitative estimate of drug-likeness (QED) is 0.858. The van der Waals surface area contributed by atoms with Gasteiger partial charge < -0.3 is 15.0 Å². The number of hydrogen-bond acceptors (Lipinski definition) is 3. The van der Waals surface area contributed by atoms with Gasteiger partial charge in [-0.05, 0) is 37.1 Å². The van der Waals surface area contributed by atoms with Crippen LogP contribution >= 0.6 is 0 Å². The predicted octanol–water partition coefficient (Wildman–Crippen LogP) is 2.49. The standard InChI is InChI=1S/C17H21N3O3/c1-12(2)17(3,10-15(21)22)19-16(23)13-4-6-14(7-5-13)20-9-8-18-11-20/h4-9,11-12H,10H2,1-3H3,(H,19,23)(H,21,22). The molecule has 0 aliphatic heterocycles. The lowest BCUT2D eigenvalue weighted by Gasteiger charge is -2.33. The summed E-state index contributed by atoms with van der Waals surface area (Å²) in [6.45, 7) is 5.54. The summed E-state index contributed by atoms with van der Waals surface area (Å²) in [5, 5.41) is 11.9. The smallest absolute Gasteiger partial charge is 0.305 e. The molecule has 0 radical (unpaired) electrons. The zero-order valence-corrected chi connectivity index (χ0v) is 13.5. The van der Waals surface area contributed by atoms with Crippen molar-refractivity contribution in [2.24, 2.45) is 5.92 Å². The average Bonchev–Trinajstić information content (AvgIpc) is 3.00. The third kappa shape index (κ3) is 3.97. The molecule has 0 spiro atoms. The number of carbonyl (C=O) groups is 2. The van der Waals surface area contributed by atoms with Crippen molar-refractivity contribution in [3.05, 3.63) is 48.5 Å². The predicted molar refractivity (Wildman–Crippen MR) is 86.5 cm³/mol. The molecule has 0 fully saturated rings. The zero-order valence-electron chi connectivity index (χ0n) is 13.5. The number of aliphatic carboxylic acids is 1. The molecular formula is C17H21N3O3. The Labute approximate surface area is 135 Å². The van der Waals surface area contributed by atoms with E-state index in [-0.39, 0.29) is 18.2 Å². The van der Waals surface area contributed by atoms with Crippen molar-refractivity contribution < 1.29 is 14.7 Å². The molecule has 0 saturated carbocycles. The van der Waals surface area contributed by atoms with Crippen molar-refractivity contribution in [3.63, 3.8) is 0 Å². The van der Waals surface area contributed by atoms with Crippen molar-refractivity contribution in [1.29, 1.82) is 0 Å². The van der Waals surface area contributed by atoms with Crippen LogP contribution in [0.1, 0.15) is 37.6 Å². The van der Waals surface area contributed by atoms with Crippen LogP contribution in [-0.2, 0) is 4.79 Å². The highest BCUT2D eigenvalue weighted by Gasteiger charge is 2.33. The van der Waals surface area contributed by atoms with E-state index in [2.05, 4.69) is 10.3 Å². The van der Waals surface area contributed by atoms with Crippen LogP contribution in [0.5, 0.6) is 0 Å². The van der Waals surface area contributed by atoms with Crippen LogP contribution in [-0.4, -0.2) is 32.1 Å². The lowest BCUT2D eigenvalue weighted by molar-refractivity contribution is -0.138. The first-order valence-corrected chi connectivity index (χ1v) is 7.44. The summed E-state index contributed by atoms with van der Waals surface area (Å²) >= 11 is 0. The molecule has 0 aliphatic carbocycles. The molecule has 1 atom stereocenters. The molecule has 6 nitrogen and oxygen atoms in total. The van der Waals surface area contributed by atoms with Crippen LogP contribution in [0.2, 0.25) is 0 Å². The van der Waals surface area contributed by atoms with Gasteiger partial charge in [0, 0.05) is 23.6 Å². The maximum absolute atomic E-state index is 12.4. The Balaban J connectivity index is 2.15. The summed E-state index contributed by atoms with van der Waals surface area (Å²) in [4.78, 5) is 27.5. The van der Waals surface area contributed by atoms with Crippen molar-refractivity contribution >= 4 is 11.9 Å². The van der Waals surface area contributed by atoms with Gasteiger partial charge in [0.2, 0.25) is 0 Å². The van der Waals surface area contributed by atoms with Crippen LogP contribution in [0.3, 0.4) is 0 Å². The second kappa shape index (κ2) is 6.64. The minimum Gasteiger partial charge on any atom is -0.481 e. The molecular weight excluding hydrogens is 294 g/mol. The van der Waals surface area contributed by atoms with E-state index in [9.17, 15) is 9.59 Å². The summed E-state index contributed by atoms with van der Waals surface area (Å²) in [5.74, 6) is -1.22. The van der Waals surface area contributed by atoms with Gasteiger partial charge in [-0.1, -0.05) is 13.8 Å². The Hall–Kier alpha value is -2.63. The summed E-state index contributed by atoms with van der Waals surface area (Å²) in [7, 11) is 0. The Morgan fingerprint density at radius 1 is 1.30 bits per heavy atom. The van der Waals surface area contributed by atoms with E-state index in [4.69, 9.17) is 5.11 Å². The maximum Gasteiger partial charge on any atom is 0.305 e. The maximum atomic E-state index is 12.4. The number of hydrogen-bond donors (Lipinski definition) is 2. The van der Waals surface area contributed by atoms with Gasteiger partial charge in [-0.15, -0.1) is 0 Å². The second-order valence-electron chi connectivity index (χ2n) is 6.11. The molecule has 2 rings (SSSR count). The fourth-order valence-corrected chi connectivity index (χ4v) is 2.24. The molecule has 1 aromatic carbocycles. The van der Waals surface area contributed by atoms with Crippen LogP contribution in [0.25, 0.3) is 5.69 Å². The topological polar surface area (TPSA) is 84.2 Å². The first-order valence-electron chi connectivity index (χ1n) is 7.44. The Bertz CT molecular complexity index is 678. The van der Waals surface area contributed by atoms with E-state index >= 15 is 0 Å². The summed E-state index contributed by atoms with van der Waals surface area (Å²) in [6.07, 6.45) is 5.06. The van der Waals surface area contributed by atoms with E-state index in [1.54, 1.807) is 31.6 Å². The van der Waals surface area contributed by atoms with Gasteiger partial charge in [0.15, 0.2) is 0 Å². The monoisotopic (exact) mass is 315 g/mol.